The molecule has 0 amide bonds. The van der Waals surface area contributed by atoms with Gasteiger partial charge in [0.1, 0.15) is 11.5 Å². The molecule has 1 atom stereocenters. The van der Waals surface area contributed by atoms with Crippen molar-refractivity contribution in [2.45, 2.75) is 51.2 Å². The Morgan fingerprint density at radius 2 is 1.94 bits per heavy atom. The normalized spacial score (nSPS) is 18.4. The van der Waals surface area contributed by atoms with E-state index >= 15 is 0 Å². The number of benzene rings is 1. The Labute approximate surface area is 109 Å². The molecule has 0 saturated heterocycles. The second-order valence-electron chi connectivity index (χ2n) is 5.07. The molecule has 0 heterocycles. The molecule has 1 unspecified atom stereocenters. The molecule has 3 nitrogen and oxygen atoms in total. The van der Waals surface area contributed by atoms with Gasteiger partial charge in [0.25, 0.3) is 0 Å². The number of hydrogen-bond donors (Lipinski definition) is 1. The maximum Gasteiger partial charge on any atom is 0.128 e. The molecule has 1 aromatic rings. The highest BCUT2D eigenvalue weighted by molar-refractivity contribution is 5.42. The standard InChI is InChI=1S/C15H23NO2/c1-11(16)14-9-8-13(17-2)10-15(14)18-12-6-4-3-5-7-12/h8-12H,3-7,16H2,1-2H3. The number of methoxy groups -OCH3 is 1. The highest BCUT2D eigenvalue weighted by Crippen LogP contribution is 2.31. The van der Waals surface area contributed by atoms with Crippen molar-refractivity contribution in [2.75, 3.05) is 7.11 Å². The Balaban J connectivity index is 2.17. The van der Waals surface area contributed by atoms with Crippen LogP contribution in [0.25, 0.3) is 0 Å². The van der Waals surface area contributed by atoms with Gasteiger partial charge in [-0.3, -0.25) is 0 Å². The molecular formula is C15H23NO2. The summed E-state index contributed by atoms with van der Waals surface area (Å²) >= 11 is 0. The van der Waals surface area contributed by atoms with Crippen LogP contribution in [0.1, 0.15) is 50.6 Å². The van der Waals surface area contributed by atoms with Crippen LogP contribution in [0, 0.1) is 0 Å². The van der Waals surface area contributed by atoms with Gasteiger partial charge in [-0.05, 0) is 38.7 Å². The molecule has 0 aromatic heterocycles. The maximum absolute atomic E-state index is 6.13. The third-order valence-electron chi connectivity index (χ3n) is 3.56. The van der Waals surface area contributed by atoms with Crippen LogP contribution in [0.2, 0.25) is 0 Å². The highest BCUT2D eigenvalue weighted by atomic mass is 16.5. The van der Waals surface area contributed by atoms with Gasteiger partial charge < -0.3 is 15.2 Å². The third kappa shape index (κ3) is 3.16. The van der Waals surface area contributed by atoms with Crippen LogP contribution in [-0.4, -0.2) is 13.2 Å². The summed E-state index contributed by atoms with van der Waals surface area (Å²) in [6.07, 6.45) is 6.50. The summed E-state index contributed by atoms with van der Waals surface area (Å²) in [5.74, 6) is 1.71. The molecule has 18 heavy (non-hydrogen) atoms. The van der Waals surface area contributed by atoms with E-state index in [2.05, 4.69) is 0 Å². The van der Waals surface area contributed by atoms with Crippen molar-refractivity contribution in [2.24, 2.45) is 5.73 Å². The summed E-state index contributed by atoms with van der Waals surface area (Å²) in [5, 5.41) is 0. The van der Waals surface area contributed by atoms with Crippen LogP contribution in [0.3, 0.4) is 0 Å². The summed E-state index contributed by atoms with van der Waals surface area (Å²) in [6, 6.07) is 5.87. The molecule has 0 bridgehead atoms. The molecule has 1 aromatic carbocycles. The third-order valence-corrected chi connectivity index (χ3v) is 3.56. The Morgan fingerprint density at radius 3 is 2.56 bits per heavy atom. The lowest BCUT2D eigenvalue weighted by molar-refractivity contribution is 0.152. The molecule has 0 radical (unpaired) electrons. The first kappa shape index (κ1) is 13.2. The Kier molecular flexibility index (Phi) is 4.48. The second-order valence-corrected chi connectivity index (χ2v) is 5.07. The fraction of sp³-hybridized carbons (Fsp3) is 0.600. The maximum atomic E-state index is 6.13. The minimum Gasteiger partial charge on any atom is -0.497 e. The van der Waals surface area contributed by atoms with E-state index < -0.39 is 0 Å². The van der Waals surface area contributed by atoms with Gasteiger partial charge in [0.15, 0.2) is 0 Å². The van der Waals surface area contributed by atoms with Crippen LogP contribution in [0.5, 0.6) is 11.5 Å². The van der Waals surface area contributed by atoms with Crippen molar-refractivity contribution >= 4 is 0 Å². The Hall–Kier alpha value is -1.22. The van der Waals surface area contributed by atoms with Crippen LogP contribution < -0.4 is 15.2 Å². The van der Waals surface area contributed by atoms with Crippen molar-refractivity contribution < 1.29 is 9.47 Å². The molecule has 100 valence electrons. The van der Waals surface area contributed by atoms with E-state index in [9.17, 15) is 0 Å². The van der Waals surface area contributed by atoms with Gasteiger partial charge in [0, 0.05) is 17.7 Å². The number of hydrogen-bond acceptors (Lipinski definition) is 3. The van der Waals surface area contributed by atoms with Crippen molar-refractivity contribution in [3.8, 4) is 11.5 Å². The van der Waals surface area contributed by atoms with E-state index in [0.717, 1.165) is 29.9 Å². The molecule has 3 heteroatoms. The number of nitrogens with two attached hydrogens (primary N) is 1. The molecule has 1 aliphatic carbocycles. The van der Waals surface area contributed by atoms with Gasteiger partial charge in [-0.25, -0.2) is 0 Å². The van der Waals surface area contributed by atoms with Gasteiger partial charge in [0.2, 0.25) is 0 Å². The molecule has 1 aliphatic rings. The molecule has 1 fully saturated rings. The first-order valence-electron chi connectivity index (χ1n) is 6.81. The molecule has 1 saturated carbocycles. The first-order valence-corrected chi connectivity index (χ1v) is 6.81. The van der Waals surface area contributed by atoms with E-state index in [1.54, 1.807) is 7.11 Å². The van der Waals surface area contributed by atoms with E-state index in [4.69, 9.17) is 15.2 Å². The van der Waals surface area contributed by atoms with E-state index in [1.165, 1.54) is 19.3 Å². The van der Waals surface area contributed by atoms with Crippen LogP contribution in [-0.2, 0) is 0 Å². The molecule has 0 spiro atoms. The predicted molar refractivity (Wildman–Crippen MR) is 73.1 cm³/mol. The average molecular weight is 249 g/mol. The first-order chi connectivity index (χ1) is 8.70. The smallest absolute Gasteiger partial charge is 0.128 e. The number of rotatable bonds is 4. The fourth-order valence-electron chi connectivity index (χ4n) is 2.48. The average Bonchev–Trinajstić information content (AvgIpc) is 2.39. The van der Waals surface area contributed by atoms with Gasteiger partial charge >= 0.3 is 0 Å². The van der Waals surface area contributed by atoms with Crippen LogP contribution >= 0.6 is 0 Å². The summed E-state index contributed by atoms with van der Waals surface area (Å²) in [4.78, 5) is 0. The van der Waals surface area contributed by atoms with Crippen molar-refractivity contribution in [3.63, 3.8) is 0 Å². The molecule has 0 aliphatic heterocycles. The summed E-state index contributed by atoms with van der Waals surface area (Å²) in [6.45, 7) is 1.98. The zero-order chi connectivity index (χ0) is 13.0. The van der Waals surface area contributed by atoms with Crippen molar-refractivity contribution in [1.82, 2.24) is 0 Å². The van der Waals surface area contributed by atoms with E-state index in [-0.39, 0.29) is 6.04 Å². The number of ether oxygens (including phenoxy) is 2. The largest absolute Gasteiger partial charge is 0.497 e. The van der Waals surface area contributed by atoms with Crippen LogP contribution in [0.4, 0.5) is 0 Å². The van der Waals surface area contributed by atoms with E-state index in [0.29, 0.717) is 6.10 Å². The fourth-order valence-corrected chi connectivity index (χ4v) is 2.48. The Bertz CT molecular complexity index is 384. The summed E-state index contributed by atoms with van der Waals surface area (Å²) < 4.78 is 11.4. The van der Waals surface area contributed by atoms with Gasteiger partial charge in [-0.2, -0.15) is 0 Å². The predicted octanol–water partition coefficient (Wildman–Crippen LogP) is 3.43. The van der Waals surface area contributed by atoms with Crippen LogP contribution in [0.15, 0.2) is 18.2 Å². The topological polar surface area (TPSA) is 44.5 Å². The molecule has 2 rings (SSSR count). The molecule has 2 N–H and O–H groups in total. The lowest BCUT2D eigenvalue weighted by Gasteiger charge is -2.25. The van der Waals surface area contributed by atoms with Gasteiger partial charge in [-0.1, -0.05) is 12.5 Å². The SMILES string of the molecule is COc1ccc(C(C)N)c(OC2CCCCC2)c1. The minimum atomic E-state index is -0.0190. The highest BCUT2D eigenvalue weighted by Gasteiger charge is 2.18. The molecular weight excluding hydrogens is 226 g/mol. The lowest BCUT2D eigenvalue weighted by Crippen LogP contribution is -2.21. The lowest BCUT2D eigenvalue weighted by atomic mass is 9.97. The zero-order valence-corrected chi connectivity index (χ0v) is 11.3. The van der Waals surface area contributed by atoms with Crippen molar-refractivity contribution in [3.05, 3.63) is 23.8 Å². The second kappa shape index (κ2) is 6.10. The summed E-state index contributed by atoms with van der Waals surface area (Å²) in [7, 11) is 1.67. The van der Waals surface area contributed by atoms with E-state index in [1.807, 2.05) is 25.1 Å². The Morgan fingerprint density at radius 1 is 1.22 bits per heavy atom. The van der Waals surface area contributed by atoms with Gasteiger partial charge in [0.05, 0.1) is 13.2 Å². The quantitative estimate of drug-likeness (QED) is 0.889. The monoisotopic (exact) mass is 249 g/mol. The zero-order valence-electron chi connectivity index (χ0n) is 11.3. The van der Waals surface area contributed by atoms with Crippen molar-refractivity contribution in [1.29, 1.82) is 0 Å². The minimum absolute atomic E-state index is 0.0190. The van der Waals surface area contributed by atoms with Gasteiger partial charge in [-0.15, -0.1) is 0 Å². The summed E-state index contributed by atoms with van der Waals surface area (Å²) in [5.41, 5.74) is 7.05.